The summed E-state index contributed by atoms with van der Waals surface area (Å²) in [4.78, 5) is 21.1. The Bertz CT molecular complexity index is 223. The van der Waals surface area contributed by atoms with E-state index in [0.717, 1.165) is 12.8 Å². The maximum absolute atomic E-state index is 10.9. The molecule has 15 heavy (non-hydrogen) atoms. The summed E-state index contributed by atoms with van der Waals surface area (Å²) in [6.07, 6.45) is 4.50. The van der Waals surface area contributed by atoms with Crippen molar-refractivity contribution in [1.82, 2.24) is 5.32 Å². The first-order valence-electron chi connectivity index (χ1n) is 5.28. The summed E-state index contributed by atoms with van der Waals surface area (Å²) in [6, 6.07) is 0. The number of carbonyl (C=O) groups is 2. The van der Waals surface area contributed by atoms with Crippen molar-refractivity contribution < 1.29 is 19.4 Å². The molecule has 1 fully saturated rings. The van der Waals surface area contributed by atoms with E-state index in [9.17, 15) is 9.59 Å². The van der Waals surface area contributed by atoms with Gasteiger partial charge in [0.2, 0.25) is 5.91 Å². The lowest BCUT2D eigenvalue weighted by molar-refractivity contribution is -0.140. The van der Waals surface area contributed by atoms with E-state index < -0.39 is 18.3 Å². The number of hydrogen-bond donors (Lipinski definition) is 2. The Morgan fingerprint density at radius 3 is 2.60 bits per heavy atom. The third-order valence-electron chi connectivity index (χ3n) is 2.39. The Hall–Kier alpha value is -1.10. The van der Waals surface area contributed by atoms with Gasteiger partial charge in [-0.2, -0.15) is 0 Å². The highest BCUT2D eigenvalue weighted by Crippen LogP contribution is 2.20. The molecule has 0 aliphatic heterocycles. The standard InChI is InChI=1S/C10H17NO4/c12-9(7-10(13)14)11-5-6-15-8-3-1-2-4-8/h8H,1-7H2,(H,11,12)(H,13,14). The van der Waals surface area contributed by atoms with Crippen LogP contribution in [0, 0.1) is 0 Å². The molecule has 0 aromatic rings. The first kappa shape index (κ1) is 12.0. The van der Waals surface area contributed by atoms with Crippen molar-refractivity contribution >= 4 is 11.9 Å². The van der Waals surface area contributed by atoms with Crippen LogP contribution in [0.3, 0.4) is 0 Å². The van der Waals surface area contributed by atoms with Gasteiger partial charge < -0.3 is 15.2 Å². The van der Waals surface area contributed by atoms with Crippen LogP contribution in [0.5, 0.6) is 0 Å². The van der Waals surface area contributed by atoms with Crippen molar-refractivity contribution in [3.63, 3.8) is 0 Å². The summed E-state index contributed by atoms with van der Waals surface area (Å²) in [6.45, 7) is 0.860. The molecule has 2 N–H and O–H groups in total. The van der Waals surface area contributed by atoms with Crippen molar-refractivity contribution in [2.45, 2.75) is 38.2 Å². The lowest BCUT2D eigenvalue weighted by Gasteiger charge is -2.10. The van der Waals surface area contributed by atoms with Crippen LogP contribution in [0.15, 0.2) is 0 Å². The summed E-state index contributed by atoms with van der Waals surface area (Å²) in [5, 5.41) is 10.8. The molecule has 1 rings (SSSR count). The van der Waals surface area contributed by atoms with E-state index in [2.05, 4.69) is 5.32 Å². The average molecular weight is 215 g/mol. The van der Waals surface area contributed by atoms with E-state index in [0.29, 0.717) is 19.3 Å². The Morgan fingerprint density at radius 1 is 1.33 bits per heavy atom. The van der Waals surface area contributed by atoms with Gasteiger partial charge in [-0.15, -0.1) is 0 Å². The van der Waals surface area contributed by atoms with E-state index in [1.165, 1.54) is 12.8 Å². The summed E-state index contributed by atoms with van der Waals surface area (Å²) >= 11 is 0. The fourth-order valence-corrected chi connectivity index (χ4v) is 1.67. The number of rotatable bonds is 6. The van der Waals surface area contributed by atoms with Gasteiger partial charge in [0.15, 0.2) is 0 Å². The van der Waals surface area contributed by atoms with Crippen LogP contribution in [0.2, 0.25) is 0 Å². The van der Waals surface area contributed by atoms with E-state index >= 15 is 0 Å². The zero-order valence-corrected chi connectivity index (χ0v) is 8.70. The number of aliphatic carboxylic acids is 1. The van der Waals surface area contributed by atoms with Crippen molar-refractivity contribution in [1.29, 1.82) is 0 Å². The van der Waals surface area contributed by atoms with Crippen LogP contribution < -0.4 is 5.32 Å². The topological polar surface area (TPSA) is 75.6 Å². The summed E-state index contributed by atoms with van der Waals surface area (Å²) in [5.74, 6) is -1.57. The first-order chi connectivity index (χ1) is 7.18. The van der Waals surface area contributed by atoms with Crippen molar-refractivity contribution in [2.24, 2.45) is 0 Å². The molecule has 0 bridgehead atoms. The molecule has 0 aromatic heterocycles. The monoisotopic (exact) mass is 215 g/mol. The predicted octanol–water partition coefficient (Wildman–Crippen LogP) is 0.536. The van der Waals surface area contributed by atoms with E-state index in [1.807, 2.05) is 0 Å². The molecule has 86 valence electrons. The quantitative estimate of drug-likeness (QED) is 0.501. The predicted molar refractivity (Wildman–Crippen MR) is 53.5 cm³/mol. The zero-order valence-electron chi connectivity index (χ0n) is 8.70. The molecule has 0 radical (unpaired) electrons. The molecule has 0 aromatic carbocycles. The normalized spacial score (nSPS) is 16.5. The van der Waals surface area contributed by atoms with Gasteiger partial charge >= 0.3 is 5.97 Å². The molecule has 0 saturated heterocycles. The molecule has 1 aliphatic rings. The highest BCUT2D eigenvalue weighted by atomic mass is 16.5. The molecule has 1 saturated carbocycles. The lowest BCUT2D eigenvalue weighted by Crippen LogP contribution is -2.29. The van der Waals surface area contributed by atoms with Crippen molar-refractivity contribution in [3.05, 3.63) is 0 Å². The lowest BCUT2D eigenvalue weighted by atomic mass is 10.3. The van der Waals surface area contributed by atoms with Gasteiger partial charge in [-0.25, -0.2) is 0 Å². The van der Waals surface area contributed by atoms with Crippen molar-refractivity contribution in [2.75, 3.05) is 13.2 Å². The van der Waals surface area contributed by atoms with Crippen molar-refractivity contribution in [3.8, 4) is 0 Å². The minimum atomic E-state index is -1.11. The maximum Gasteiger partial charge on any atom is 0.312 e. The number of hydrogen-bond acceptors (Lipinski definition) is 3. The Morgan fingerprint density at radius 2 is 2.00 bits per heavy atom. The van der Waals surface area contributed by atoms with Crippen LogP contribution >= 0.6 is 0 Å². The molecule has 5 heteroatoms. The zero-order chi connectivity index (χ0) is 11.1. The average Bonchev–Trinajstić information content (AvgIpc) is 2.63. The van der Waals surface area contributed by atoms with Crippen LogP contribution in [0.4, 0.5) is 0 Å². The molecule has 5 nitrogen and oxygen atoms in total. The number of amides is 1. The van der Waals surface area contributed by atoms with Crippen LogP contribution in [0.25, 0.3) is 0 Å². The molecular formula is C10H17NO4. The molecule has 1 amide bonds. The smallest absolute Gasteiger partial charge is 0.312 e. The van der Waals surface area contributed by atoms with Crippen LogP contribution in [0.1, 0.15) is 32.1 Å². The van der Waals surface area contributed by atoms with Gasteiger partial charge in [-0.1, -0.05) is 12.8 Å². The third kappa shape index (κ3) is 5.37. The number of carbonyl (C=O) groups excluding carboxylic acids is 1. The number of carboxylic acids is 1. The van der Waals surface area contributed by atoms with Gasteiger partial charge in [-0.05, 0) is 12.8 Å². The Balaban J connectivity index is 1.96. The van der Waals surface area contributed by atoms with Gasteiger partial charge in [0.1, 0.15) is 6.42 Å². The summed E-state index contributed by atoms with van der Waals surface area (Å²) in [7, 11) is 0. The van der Waals surface area contributed by atoms with E-state index in [-0.39, 0.29) is 0 Å². The van der Waals surface area contributed by atoms with Gasteiger partial charge in [0.05, 0.1) is 12.7 Å². The first-order valence-corrected chi connectivity index (χ1v) is 5.28. The Labute approximate surface area is 88.8 Å². The fourth-order valence-electron chi connectivity index (χ4n) is 1.67. The van der Waals surface area contributed by atoms with Gasteiger partial charge in [0, 0.05) is 6.54 Å². The van der Waals surface area contributed by atoms with Gasteiger partial charge in [0.25, 0.3) is 0 Å². The molecular weight excluding hydrogens is 198 g/mol. The minimum absolute atomic E-state index is 0.335. The largest absolute Gasteiger partial charge is 0.481 e. The second kappa shape index (κ2) is 6.40. The van der Waals surface area contributed by atoms with Gasteiger partial charge in [-0.3, -0.25) is 9.59 Å². The number of carboxylic acid groups (broad SMARTS) is 1. The van der Waals surface area contributed by atoms with Crippen LogP contribution in [-0.4, -0.2) is 36.2 Å². The summed E-state index contributed by atoms with van der Waals surface area (Å²) in [5.41, 5.74) is 0. The second-order valence-electron chi connectivity index (χ2n) is 3.70. The SMILES string of the molecule is O=C(O)CC(=O)NCCOC1CCCC1. The highest BCUT2D eigenvalue weighted by molar-refractivity contribution is 5.93. The molecule has 0 unspecified atom stereocenters. The van der Waals surface area contributed by atoms with E-state index in [4.69, 9.17) is 9.84 Å². The third-order valence-corrected chi connectivity index (χ3v) is 2.39. The molecule has 0 atom stereocenters. The number of ether oxygens (including phenoxy) is 1. The molecule has 1 aliphatic carbocycles. The molecule has 0 heterocycles. The molecule has 0 spiro atoms. The fraction of sp³-hybridized carbons (Fsp3) is 0.800. The second-order valence-corrected chi connectivity index (χ2v) is 3.70. The summed E-state index contributed by atoms with van der Waals surface area (Å²) < 4.78 is 5.50. The van der Waals surface area contributed by atoms with Crippen LogP contribution in [-0.2, 0) is 14.3 Å². The maximum atomic E-state index is 10.9. The highest BCUT2D eigenvalue weighted by Gasteiger charge is 2.14. The Kier molecular flexibility index (Phi) is 5.10. The van der Waals surface area contributed by atoms with E-state index in [1.54, 1.807) is 0 Å². The minimum Gasteiger partial charge on any atom is -0.481 e. The number of nitrogens with one attached hydrogen (secondary N) is 1.